The van der Waals surface area contributed by atoms with Crippen LogP contribution in [0.2, 0.25) is 5.02 Å². The molecule has 0 atom stereocenters. The molecule has 13 heteroatoms. The highest BCUT2D eigenvalue weighted by atomic mass is 79.9. The fourth-order valence-corrected chi connectivity index (χ4v) is 3.78. The van der Waals surface area contributed by atoms with E-state index in [2.05, 4.69) is 47.5 Å². The zero-order chi connectivity index (χ0) is 24.0. The van der Waals surface area contributed by atoms with E-state index < -0.39 is 10.2 Å². The minimum atomic E-state index is -3.84. The predicted molar refractivity (Wildman–Crippen MR) is 136 cm³/mol. The molecule has 0 saturated carbocycles. The maximum Gasteiger partial charge on any atom is 0.274 e. The summed E-state index contributed by atoms with van der Waals surface area (Å²) in [6.45, 7) is 4.64. The Morgan fingerprint density at radius 1 is 1.27 bits per heavy atom. The molecular formula is C20H22BrClN8O2S. The monoisotopic (exact) mass is 552 g/mol. The molecule has 3 aromatic rings. The smallest absolute Gasteiger partial charge is 0.274 e. The molecule has 6 N–H and O–H groups in total. The lowest BCUT2D eigenvalue weighted by molar-refractivity contribution is 0.583. The van der Waals surface area contributed by atoms with Gasteiger partial charge in [-0.05, 0) is 46.3 Å². The minimum absolute atomic E-state index is 0.0449. The number of allylic oxidation sites excluding steroid dienone is 1. The van der Waals surface area contributed by atoms with Crippen LogP contribution in [0.1, 0.15) is 0 Å². The Balaban J connectivity index is 1.98. The van der Waals surface area contributed by atoms with Gasteiger partial charge in [-0.1, -0.05) is 24.3 Å². The molecule has 0 spiro atoms. The van der Waals surface area contributed by atoms with E-state index >= 15 is 0 Å². The van der Waals surface area contributed by atoms with Gasteiger partial charge in [0.2, 0.25) is 0 Å². The Hall–Kier alpha value is -2.61. The first-order valence-corrected chi connectivity index (χ1v) is 12.3. The Morgan fingerprint density at radius 2 is 2.06 bits per heavy atom. The summed E-state index contributed by atoms with van der Waals surface area (Å²) in [4.78, 5) is 14.9. The van der Waals surface area contributed by atoms with E-state index in [4.69, 9.17) is 22.5 Å². The fourth-order valence-electron chi connectivity index (χ4n) is 2.90. The summed E-state index contributed by atoms with van der Waals surface area (Å²) in [5.41, 5.74) is 7.51. The first kappa shape index (κ1) is 25.0. The number of anilines is 3. The van der Waals surface area contributed by atoms with E-state index in [1.165, 1.54) is 6.33 Å². The molecule has 174 valence electrons. The second-order valence-electron chi connectivity index (χ2n) is 6.76. The molecule has 0 radical (unpaired) electrons. The summed E-state index contributed by atoms with van der Waals surface area (Å²) in [5, 5.41) is 9.59. The third-order valence-corrected chi connectivity index (χ3v) is 6.22. The molecule has 0 saturated heterocycles. The van der Waals surface area contributed by atoms with Crippen molar-refractivity contribution in [3.8, 4) is 0 Å². The number of nitrogens with one attached hydrogen (secondary N) is 2. The Bertz CT molecular complexity index is 1300. The van der Waals surface area contributed by atoms with E-state index in [0.717, 1.165) is 10.2 Å². The van der Waals surface area contributed by atoms with Crippen molar-refractivity contribution in [2.45, 2.75) is 0 Å². The van der Waals surface area contributed by atoms with E-state index in [-0.39, 0.29) is 13.1 Å². The molecular weight excluding hydrogens is 532 g/mol. The van der Waals surface area contributed by atoms with Crippen LogP contribution in [0.3, 0.4) is 0 Å². The highest BCUT2D eigenvalue weighted by Gasteiger charge is 2.14. The maximum absolute atomic E-state index is 11.3. The van der Waals surface area contributed by atoms with Gasteiger partial charge in [-0.25, -0.2) is 24.8 Å². The van der Waals surface area contributed by atoms with E-state index in [9.17, 15) is 8.42 Å². The van der Waals surface area contributed by atoms with Crippen molar-refractivity contribution >= 4 is 66.0 Å². The van der Waals surface area contributed by atoms with Crippen molar-refractivity contribution in [2.75, 3.05) is 29.9 Å². The van der Waals surface area contributed by atoms with Crippen LogP contribution in [0.4, 0.5) is 17.3 Å². The number of aromatic nitrogens is 3. The van der Waals surface area contributed by atoms with Crippen LogP contribution < -0.4 is 25.8 Å². The molecule has 1 aromatic carbocycles. The van der Waals surface area contributed by atoms with Gasteiger partial charge in [0.05, 0.1) is 16.7 Å². The number of halogens is 2. The molecule has 2 aromatic heterocycles. The normalized spacial score (nSPS) is 11.8. The molecule has 0 unspecified atom stereocenters. The summed E-state index contributed by atoms with van der Waals surface area (Å²) < 4.78 is 25.5. The van der Waals surface area contributed by atoms with Crippen LogP contribution in [-0.2, 0) is 10.2 Å². The van der Waals surface area contributed by atoms with Crippen molar-refractivity contribution in [3.63, 3.8) is 0 Å². The van der Waals surface area contributed by atoms with Crippen LogP contribution in [0.15, 0.2) is 65.7 Å². The zero-order valence-corrected chi connectivity index (χ0v) is 20.5. The standard InChI is InChI=1S/C20H22BrClN8O2S/c1-13(3-2-6-23)30(8-7-28-33(24,31)32)19-10-15-18(11-25-19)26-12-27-20(15)29-14-4-5-17(22)16(21)9-14/h2-5,9-12,28H,1,6-8,23H2,(H2,24,31,32)(H,26,27,29)/b3-2+. The second kappa shape index (κ2) is 11.0. The molecule has 33 heavy (non-hydrogen) atoms. The van der Waals surface area contributed by atoms with Gasteiger partial charge in [-0.3, -0.25) is 0 Å². The van der Waals surface area contributed by atoms with Crippen molar-refractivity contribution in [1.82, 2.24) is 19.7 Å². The lowest BCUT2D eigenvalue weighted by atomic mass is 10.2. The summed E-state index contributed by atoms with van der Waals surface area (Å²) in [7, 11) is -3.84. The fraction of sp³-hybridized carbons (Fsp3) is 0.150. The maximum atomic E-state index is 11.3. The van der Waals surface area contributed by atoms with Gasteiger partial charge in [-0.2, -0.15) is 8.42 Å². The van der Waals surface area contributed by atoms with Crippen LogP contribution >= 0.6 is 27.5 Å². The van der Waals surface area contributed by atoms with Crippen LogP contribution in [0.5, 0.6) is 0 Å². The zero-order valence-electron chi connectivity index (χ0n) is 17.4. The van der Waals surface area contributed by atoms with Gasteiger partial charge in [0.25, 0.3) is 10.2 Å². The first-order chi connectivity index (χ1) is 15.7. The highest BCUT2D eigenvalue weighted by molar-refractivity contribution is 9.10. The lowest BCUT2D eigenvalue weighted by Crippen LogP contribution is -2.37. The molecule has 0 aliphatic heterocycles. The third kappa shape index (κ3) is 6.93. The quantitative estimate of drug-likeness (QED) is 0.280. The SMILES string of the molecule is C=C(/C=C/CN)N(CCNS(N)(=O)=O)c1cc2c(Nc3ccc(Cl)c(Br)c3)ncnc2cn1. The lowest BCUT2D eigenvalue weighted by Gasteiger charge is -2.24. The topological polar surface area (TPSA) is 152 Å². The van der Waals surface area contributed by atoms with Gasteiger partial charge in [0, 0.05) is 40.9 Å². The van der Waals surface area contributed by atoms with Gasteiger partial charge in [-0.15, -0.1) is 0 Å². The Kier molecular flexibility index (Phi) is 8.35. The van der Waals surface area contributed by atoms with Gasteiger partial charge >= 0.3 is 0 Å². The first-order valence-electron chi connectivity index (χ1n) is 9.61. The molecule has 10 nitrogen and oxygen atoms in total. The molecule has 0 bridgehead atoms. The van der Waals surface area contributed by atoms with Crippen LogP contribution in [0, 0.1) is 0 Å². The molecule has 3 rings (SSSR count). The van der Waals surface area contributed by atoms with Crippen molar-refractivity contribution < 1.29 is 8.42 Å². The number of hydrogen-bond acceptors (Lipinski definition) is 8. The number of nitrogens with zero attached hydrogens (tertiary/aromatic N) is 4. The van der Waals surface area contributed by atoms with Crippen molar-refractivity contribution in [2.24, 2.45) is 10.9 Å². The highest BCUT2D eigenvalue weighted by Crippen LogP contribution is 2.30. The summed E-state index contributed by atoms with van der Waals surface area (Å²) in [6, 6.07) is 7.22. The average molecular weight is 554 g/mol. The molecule has 0 amide bonds. The Morgan fingerprint density at radius 3 is 2.76 bits per heavy atom. The van der Waals surface area contributed by atoms with E-state index in [1.807, 2.05) is 12.1 Å². The molecule has 0 aliphatic rings. The number of nitrogens with two attached hydrogens (primary N) is 2. The van der Waals surface area contributed by atoms with Crippen LogP contribution in [0.25, 0.3) is 10.9 Å². The van der Waals surface area contributed by atoms with E-state index in [0.29, 0.717) is 39.8 Å². The second-order valence-corrected chi connectivity index (χ2v) is 9.40. The summed E-state index contributed by atoms with van der Waals surface area (Å²) >= 11 is 9.49. The number of fused-ring (bicyclic) bond motifs is 1. The summed E-state index contributed by atoms with van der Waals surface area (Å²) in [5.74, 6) is 1.07. The van der Waals surface area contributed by atoms with Crippen LogP contribution in [-0.4, -0.2) is 43.0 Å². The number of hydrogen-bond donors (Lipinski definition) is 4. The molecule has 0 aliphatic carbocycles. The van der Waals surface area contributed by atoms with Gasteiger partial charge in [0.15, 0.2) is 0 Å². The van der Waals surface area contributed by atoms with Crippen molar-refractivity contribution in [1.29, 1.82) is 0 Å². The van der Waals surface area contributed by atoms with Gasteiger partial charge in [0.1, 0.15) is 18.0 Å². The van der Waals surface area contributed by atoms with E-state index in [1.54, 1.807) is 35.4 Å². The summed E-state index contributed by atoms with van der Waals surface area (Å²) in [6.07, 6.45) is 6.51. The molecule has 2 heterocycles. The third-order valence-electron chi connectivity index (χ3n) is 4.40. The number of rotatable bonds is 10. The number of pyridine rings is 1. The largest absolute Gasteiger partial charge is 0.340 e. The Labute approximate surface area is 205 Å². The van der Waals surface area contributed by atoms with Gasteiger partial charge < -0.3 is 16.0 Å². The minimum Gasteiger partial charge on any atom is -0.340 e. The predicted octanol–water partition coefficient (Wildman–Crippen LogP) is 2.81. The average Bonchev–Trinajstić information content (AvgIpc) is 2.77. The van der Waals surface area contributed by atoms with Crippen molar-refractivity contribution in [3.05, 3.63) is 70.7 Å². The number of benzene rings is 1. The molecule has 0 fully saturated rings.